The summed E-state index contributed by atoms with van der Waals surface area (Å²) in [5.74, 6) is 0.168. The van der Waals surface area contributed by atoms with Crippen molar-refractivity contribution in [2.75, 3.05) is 6.61 Å². The molecule has 0 saturated carbocycles. The van der Waals surface area contributed by atoms with Crippen LogP contribution in [0.25, 0.3) is 0 Å². The van der Waals surface area contributed by atoms with Gasteiger partial charge in [0, 0.05) is 23.9 Å². The fourth-order valence-electron chi connectivity index (χ4n) is 1.48. The zero-order chi connectivity index (χ0) is 12.2. The molecule has 0 spiro atoms. The quantitative estimate of drug-likeness (QED) is 0.903. The van der Waals surface area contributed by atoms with Crippen molar-refractivity contribution >= 4 is 21.7 Å². The van der Waals surface area contributed by atoms with Crippen LogP contribution in [0.15, 0.2) is 28.7 Å². The molecular weight excluding hydrogens is 268 g/mol. The maximum absolute atomic E-state index is 11.7. The molecule has 0 aliphatic heterocycles. The van der Waals surface area contributed by atoms with E-state index in [1.807, 2.05) is 38.1 Å². The minimum atomic E-state index is -0.313. The van der Waals surface area contributed by atoms with Gasteiger partial charge in [0.05, 0.1) is 0 Å². The lowest BCUT2D eigenvalue weighted by Crippen LogP contribution is -2.22. The van der Waals surface area contributed by atoms with Crippen molar-refractivity contribution in [2.24, 2.45) is 5.41 Å². The summed E-state index contributed by atoms with van der Waals surface area (Å²) in [6, 6.07) is 7.74. The van der Waals surface area contributed by atoms with Crippen molar-refractivity contribution in [3.63, 3.8) is 0 Å². The Morgan fingerprint density at radius 1 is 1.31 bits per heavy atom. The average Bonchev–Trinajstić information content (AvgIpc) is 2.21. The van der Waals surface area contributed by atoms with Crippen molar-refractivity contribution < 1.29 is 9.90 Å². The van der Waals surface area contributed by atoms with Crippen molar-refractivity contribution in [3.8, 4) is 0 Å². The Morgan fingerprint density at radius 2 is 1.88 bits per heavy atom. The Hall–Kier alpha value is -0.670. The van der Waals surface area contributed by atoms with E-state index in [1.165, 1.54) is 0 Å². The predicted octanol–water partition coefficient (Wildman–Crippen LogP) is 2.97. The number of carbonyl (C=O) groups excluding carboxylic acids is 1. The van der Waals surface area contributed by atoms with E-state index in [-0.39, 0.29) is 17.8 Å². The van der Waals surface area contributed by atoms with E-state index in [0.29, 0.717) is 12.8 Å². The van der Waals surface area contributed by atoms with Gasteiger partial charge in [0.1, 0.15) is 5.78 Å². The van der Waals surface area contributed by atoms with E-state index >= 15 is 0 Å². The highest BCUT2D eigenvalue weighted by atomic mass is 79.9. The molecule has 0 radical (unpaired) electrons. The molecule has 1 N–H and O–H groups in total. The van der Waals surface area contributed by atoms with Gasteiger partial charge in [0.15, 0.2) is 0 Å². The minimum absolute atomic E-state index is 0.0408. The third kappa shape index (κ3) is 4.45. The van der Waals surface area contributed by atoms with E-state index in [2.05, 4.69) is 15.9 Å². The monoisotopic (exact) mass is 284 g/mol. The molecule has 1 aromatic rings. The smallest absolute Gasteiger partial charge is 0.137 e. The van der Waals surface area contributed by atoms with Crippen LogP contribution in [-0.4, -0.2) is 17.5 Å². The molecule has 0 aliphatic rings. The van der Waals surface area contributed by atoms with Crippen LogP contribution in [0, 0.1) is 5.41 Å². The second-order valence-electron chi connectivity index (χ2n) is 4.84. The van der Waals surface area contributed by atoms with Gasteiger partial charge in [-0.1, -0.05) is 41.9 Å². The van der Waals surface area contributed by atoms with E-state index in [0.717, 1.165) is 10.0 Å². The summed E-state index contributed by atoms with van der Waals surface area (Å²) < 4.78 is 1.01. The fraction of sp³-hybridized carbons (Fsp3) is 0.462. The highest BCUT2D eigenvalue weighted by Gasteiger charge is 2.20. The molecule has 3 heteroatoms. The number of hydrogen-bond acceptors (Lipinski definition) is 2. The molecule has 0 amide bonds. The Bertz CT molecular complexity index is 355. The van der Waals surface area contributed by atoms with Crippen LogP contribution in [0.5, 0.6) is 0 Å². The summed E-state index contributed by atoms with van der Waals surface area (Å²) in [6.07, 6.45) is 0.857. The molecule has 0 aliphatic carbocycles. The highest BCUT2D eigenvalue weighted by Crippen LogP contribution is 2.20. The van der Waals surface area contributed by atoms with Crippen LogP contribution < -0.4 is 0 Å². The first-order valence-corrected chi connectivity index (χ1v) is 6.09. The summed E-state index contributed by atoms with van der Waals surface area (Å²) >= 11 is 3.35. The summed E-state index contributed by atoms with van der Waals surface area (Å²) in [7, 11) is 0. The second kappa shape index (κ2) is 5.60. The predicted molar refractivity (Wildman–Crippen MR) is 68.3 cm³/mol. The van der Waals surface area contributed by atoms with Crippen LogP contribution in [0.1, 0.15) is 25.8 Å². The van der Waals surface area contributed by atoms with Crippen LogP contribution in [-0.2, 0) is 11.2 Å². The van der Waals surface area contributed by atoms with Gasteiger partial charge in [0.25, 0.3) is 0 Å². The first-order valence-electron chi connectivity index (χ1n) is 5.30. The normalized spacial score (nSPS) is 11.5. The van der Waals surface area contributed by atoms with E-state index in [1.54, 1.807) is 0 Å². The molecular formula is C13H17BrO2. The molecule has 0 aromatic heterocycles. The number of aliphatic hydroxyl groups is 1. The molecule has 16 heavy (non-hydrogen) atoms. The van der Waals surface area contributed by atoms with E-state index < -0.39 is 0 Å². The Labute approximate surface area is 105 Å². The molecule has 2 nitrogen and oxygen atoms in total. The van der Waals surface area contributed by atoms with Gasteiger partial charge in [-0.25, -0.2) is 0 Å². The molecule has 1 rings (SSSR count). The van der Waals surface area contributed by atoms with Crippen molar-refractivity contribution in [1.29, 1.82) is 0 Å². The molecule has 0 unspecified atom stereocenters. The number of halogens is 1. The number of Topliss-reactive ketones (excluding diaryl/α,β-unsaturated/α-hetero) is 1. The number of rotatable bonds is 5. The van der Waals surface area contributed by atoms with Crippen LogP contribution >= 0.6 is 15.9 Å². The largest absolute Gasteiger partial charge is 0.396 e. The number of hydrogen-bond donors (Lipinski definition) is 1. The maximum Gasteiger partial charge on any atom is 0.137 e. The zero-order valence-electron chi connectivity index (χ0n) is 9.66. The minimum Gasteiger partial charge on any atom is -0.396 e. The Morgan fingerprint density at radius 3 is 2.38 bits per heavy atom. The first-order chi connectivity index (χ1) is 7.43. The summed E-state index contributed by atoms with van der Waals surface area (Å²) in [5, 5.41) is 9.09. The van der Waals surface area contributed by atoms with Gasteiger partial charge in [0.2, 0.25) is 0 Å². The SMILES string of the molecule is CC(C)(CO)CC(=O)Cc1ccc(Br)cc1. The summed E-state index contributed by atoms with van der Waals surface area (Å²) in [5.41, 5.74) is 0.703. The number of benzene rings is 1. The lowest BCUT2D eigenvalue weighted by atomic mass is 9.87. The topological polar surface area (TPSA) is 37.3 Å². The van der Waals surface area contributed by atoms with Gasteiger partial charge in [-0.05, 0) is 23.1 Å². The standard InChI is InChI=1S/C13H17BrO2/c1-13(2,9-15)8-12(16)7-10-3-5-11(14)6-4-10/h3-6,15H,7-9H2,1-2H3. The highest BCUT2D eigenvalue weighted by molar-refractivity contribution is 9.10. The molecule has 0 atom stereocenters. The van der Waals surface area contributed by atoms with Crippen LogP contribution in [0.4, 0.5) is 0 Å². The van der Waals surface area contributed by atoms with Crippen molar-refractivity contribution in [3.05, 3.63) is 34.3 Å². The fourth-order valence-corrected chi connectivity index (χ4v) is 1.75. The third-order valence-corrected chi connectivity index (χ3v) is 2.95. The third-order valence-electron chi connectivity index (χ3n) is 2.42. The molecule has 88 valence electrons. The summed E-state index contributed by atoms with van der Waals surface area (Å²) in [4.78, 5) is 11.7. The zero-order valence-corrected chi connectivity index (χ0v) is 11.3. The lowest BCUT2D eigenvalue weighted by Gasteiger charge is -2.20. The van der Waals surface area contributed by atoms with E-state index in [9.17, 15) is 4.79 Å². The van der Waals surface area contributed by atoms with Crippen LogP contribution in [0.2, 0.25) is 0 Å². The Balaban J connectivity index is 2.55. The van der Waals surface area contributed by atoms with Gasteiger partial charge in [-0.2, -0.15) is 0 Å². The van der Waals surface area contributed by atoms with Gasteiger partial charge in [-0.3, -0.25) is 4.79 Å². The van der Waals surface area contributed by atoms with Gasteiger partial charge in [-0.15, -0.1) is 0 Å². The molecule has 0 fully saturated rings. The number of carbonyl (C=O) groups is 1. The maximum atomic E-state index is 11.7. The first kappa shape index (κ1) is 13.4. The van der Waals surface area contributed by atoms with Gasteiger partial charge >= 0.3 is 0 Å². The second-order valence-corrected chi connectivity index (χ2v) is 5.76. The number of ketones is 1. The molecule has 1 aromatic carbocycles. The Kier molecular flexibility index (Phi) is 4.69. The summed E-state index contributed by atoms with van der Waals surface area (Å²) in [6.45, 7) is 3.83. The molecule has 0 bridgehead atoms. The molecule has 0 saturated heterocycles. The molecule has 0 heterocycles. The average molecular weight is 285 g/mol. The van der Waals surface area contributed by atoms with Crippen LogP contribution in [0.3, 0.4) is 0 Å². The van der Waals surface area contributed by atoms with Gasteiger partial charge < -0.3 is 5.11 Å². The van der Waals surface area contributed by atoms with E-state index in [4.69, 9.17) is 5.11 Å². The number of aliphatic hydroxyl groups excluding tert-OH is 1. The lowest BCUT2D eigenvalue weighted by molar-refractivity contribution is -0.120. The van der Waals surface area contributed by atoms with Crippen molar-refractivity contribution in [1.82, 2.24) is 0 Å². The van der Waals surface area contributed by atoms with Crippen molar-refractivity contribution in [2.45, 2.75) is 26.7 Å².